The van der Waals surface area contributed by atoms with E-state index in [-0.39, 0.29) is 12.1 Å². The monoisotopic (exact) mass is 322 g/mol. The lowest BCUT2D eigenvalue weighted by molar-refractivity contribution is 0.0522. The molecule has 0 bridgehead atoms. The number of rotatable bonds is 7. The number of carbonyl (C=O) groups is 1. The van der Waals surface area contributed by atoms with Crippen LogP contribution in [0, 0.1) is 5.92 Å². The fraction of sp³-hybridized carbons (Fsp3) is 0.722. The first-order valence-electron chi connectivity index (χ1n) is 8.57. The lowest BCUT2D eigenvalue weighted by Crippen LogP contribution is -2.42. The van der Waals surface area contributed by atoms with Gasteiger partial charge in [0.05, 0.1) is 6.54 Å². The largest absolute Gasteiger partial charge is 0.464 e. The molecule has 1 aliphatic carbocycles. The van der Waals surface area contributed by atoms with Crippen LogP contribution in [0.5, 0.6) is 0 Å². The van der Waals surface area contributed by atoms with Gasteiger partial charge in [-0.25, -0.2) is 4.79 Å². The third-order valence-electron chi connectivity index (χ3n) is 4.11. The number of ether oxygens (including phenoxy) is 1. The summed E-state index contributed by atoms with van der Waals surface area (Å²) in [6.45, 7) is 11.1. The highest BCUT2D eigenvalue weighted by atomic mass is 16.6. The minimum absolute atomic E-state index is 0.191. The van der Waals surface area contributed by atoms with Crippen molar-refractivity contribution in [2.75, 3.05) is 6.54 Å². The molecule has 0 radical (unpaired) electrons. The highest BCUT2D eigenvalue weighted by Crippen LogP contribution is 2.47. The average molecular weight is 322 g/mol. The SMILES string of the molecule is CCC(CNC(=O)OC(C)(C)C)NCc1ccc(C2CC2C)o1. The molecule has 5 nitrogen and oxygen atoms in total. The fourth-order valence-electron chi connectivity index (χ4n) is 2.53. The summed E-state index contributed by atoms with van der Waals surface area (Å²) in [7, 11) is 0. The van der Waals surface area contributed by atoms with Crippen LogP contribution in [0.25, 0.3) is 0 Å². The summed E-state index contributed by atoms with van der Waals surface area (Å²) in [6, 6.07) is 4.32. The van der Waals surface area contributed by atoms with Crippen molar-refractivity contribution in [2.45, 2.75) is 71.6 Å². The van der Waals surface area contributed by atoms with Gasteiger partial charge in [-0.3, -0.25) is 0 Å². The molecule has 3 unspecified atom stereocenters. The van der Waals surface area contributed by atoms with Gasteiger partial charge in [0, 0.05) is 18.5 Å². The van der Waals surface area contributed by atoms with Gasteiger partial charge in [-0.05, 0) is 51.7 Å². The molecule has 130 valence electrons. The summed E-state index contributed by atoms with van der Waals surface area (Å²) >= 11 is 0. The van der Waals surface area contributed by atoms with Crippen LogP contribution in [0.2, 0.25) is 0 Å². The number of carbonyl (C=O) groups excluding carboxylic acids is 1. The van der Waals surface area contributed by atoms with E-state index in [1.807, 2.05) is 26.8 Å². The van der Waals surface area contributed by atoms with Crippen LogP contribution in [0.15, 0.2) is 16.5 Å². The number of hydrogen-bond acceptors (Lipinski definition) is 4. The smallest absolute Gasteiger partial charge is 0.407 e. The Kier molecular flexibility index (Phi) is 5.74. The van der Waals surface area contributed by atoms with E-state index in [0.717, 1.165) is 23.9 Å². The van der Waals surface area contributed by atoms with Gasteiger partial charge in [-0.15, -0.1) is 0 Å². The number of hydrogen-bond donors (Lipinski definition) is 2. The molecule has 3 atom stereocenters. The number of alkyl carbamates (subject to hydrolysis) is 1. The maximum absolute atomic E-state index is 11.7. The van der Waals surface area contributed by atoms with Gasteiger partial charge in [0.15, 0.2) is 0 Å². The average Bonchev–Trinajstić information content (AvgIpc) is 2.99. The first-order valence-corrected chi connectivity index (χ1v) is 8.57. The predicted octanol–water partition coefficient (Wildman–Crippen LogP) is 3.80. The summed E-state index contributed by atoms with van der Waals surface area (Å²) in [5.41, 5.74) is -0.469. The van der Waals surface area contributed by atoms with E-state index in [4.69, 9.17) is 9.15 Å². The van der Waals surface area contributed by atoms with Crippen LogP contribution < -0.4 is 10.6 Å². The summed E-state index contributed by atoms with van der Waals surface area (Å²) in [5, 5.41) is 6.24. The normalized spacial score (nSPS) is 21.8. The van der Waals surface area contributed by atoms with Gasteiger partial charge in [0.25, 0.3) is 0 Å². The van der Waals surface area contributed by atoms with Crippen molar-refractivity contribution in [1.82, 2.24) is 10.6 Å². The highest BCUT2D eigenvalue weighted by molar-refractivity contribution is 5.67. The van der Waals surface area contributed by atoms with Crippen LogP contribution in [-0.4, -0.2) is 24.3 Å². The summed E-state index contributed by atoms with van der Waals surface area (Å²) in [4.78, 5) is 11.7. The first kappa shape index (κ1) is 17.9. The molecule has 1 heterocycles. The Morgan fingerprint density at radius 2 is 2.13 bits per heavy atom. The van der Waals surface area contributed by atoms with Crippen molar-refractivity contribution in [3.05, 3.63) is 23.7 Å². The Balaban J connectivity index is 1.72. The van der Waals surface area contributed by atoms with Gasteiger partial charge < -0.3 is 19.8 Å². The van der Waals surface area contributed by atoms with E-state index >= 15 is 0 Å². The summed E-state index contributed by atoms with van der Waals surface area (Å²) in [6.07, 6.45) is 1.78. The van der Waals surface area contributed by atoms with Crippen molar-refractivity contribution >= 4 is 6.09 Å². The summed E-state index contributed by atoms with van der Waals surface area (Å²) < 4.78 is 11.1. The number of nitrogens with one attached hydrogen (secondary N) is 2. The van der Waals surface area contributed by atoms with Crippen LogP contribution in [0.1, 0.15) is 64.9 Å². The van der Waals surface area contributed by atoms with Crippen LogP contribution in [-0.2, 0) is 11.3 Å². The Labute approximate surface area is 139 Å². The van der Waals surface area contributed by atoms with Crippen molar-refractivity contribution in [3.63, 3.8) is 0 Å². The molecule has 1 aliphatic rings. The zero-order chi connectivity index (χ0) is 17.0. The van der Waals surface area contributed by atoms with Crippen LogP contribution >= 0.6 is 0 Å². The number of amides is 1. The zero-order valence-corrected chi connectivity index (χ0v) is 14.9. The highest BCUT2D eigenvalue weighted by Gasteiger charge is 2.36. The van der Waals surface area contributed by atoms with Gasteiger partial charge >= 0.3 is 6.09 Å². The van der Waals surface area contributed by atoms with E-state index in [1.54, 1.807) is 0 Å². The fourth-order valence-corrected chi connectivity index (χ4v) is 2.53. The van der Waals surface area contributed by atoms with Crippen molar-refractivity contribution in [2.24, 2.45) is 5.92 Å². The van der Waals surface area contributed by atoms with Crippen LogP contribution in [0.3, 0.4) is 0 Å². The van der Waals surface area contributed by atoms with E-state index < -0.39 is 5.60 Å². The molecule has 0 saturated heterocycles. The molecule has 2 rings (SSSR count). The maximum Gasteiger partial charge on any atom is 0.407 e. The summed E-state index contributed by atoms with van der Waals surface area (Å²) in [5.74, 6) is 3.42. The Bertz CT molecular complexity index is 519. The maximum atomic E-state index is 11.7. The van der Waals surface area contributed by atoms with Crippen molar-refractivity contribution < 1.29 is 13.9 Å². The van der Waals surface area contributed by atoms with Gasteiger partial charge in [-0.2, -0.15) is 0 Å². The molecule has 1 fully saturated rings. The van der Waals surface area contributed by atoms with Gasteiger partial charge in [0.1, 0.15) is 17.1 Å². The molecule has 1 aromatic heterocycles. The quantitative estimate of drug-likeness (QED) is 0.801. The Hall–Kier alpha value is -1.49. The third kappa shape index (κ3) is 5.90. The first-order chi connectivity index (χ1) is 10.8. The molecule has 0 spiro atoms. The topological polar surface area (TPSA) is 63.5 Å². The lowest BCUT2D eigenvalue weighted by Gasteiger charge is -2.22. The Morgan fingerprint density at radius 3 is 2.70 bits per heavy atom. The standard InChI is InChI=1S/C18H30N2O3/c1-6-13(10-20-17(21)23-18(3,4)5)19-11-14-7-8-16(22-14)15-9-12(15)2/h7-8,12-13,15,19H,6,9-11H2,1-5H3,(H,20,21). The van der Waals surface area contributed by atoms with Crippen molar-refractivity contribution in [1.29, 1.82) is 0 Å². The van der Waals surface area contributed by atoms with Crippen molar-refractivity contribution in [3.8, 4) is 0 Å². The van der Waals surface area contributed by atoms with E-state index in [2.05, 4.69) is 30.5 Å². The molecule has 5 heteroatoms. The molecule has 1 aromatic rings. The molecule has 0 aromatic carbocycles. The predicted molar refractivity (Wildman–Crippen MR) is 90.4 cm³/mol. The minimum atomic E-state index is -0.469. The van der Waals surface area contributed by atoms with Gasteiger partial charge in [0.2, 0.25) is 0 Å². The zero-order valence-electron chi connectivity index (χ0n) is 14.9. The second-order valence-electron chi connectivity index (χ2n) is 7.49. The molecule has 0 aliphatic heterocycles. The van der Waals surface area contributed by atoms with E-state index in [0.29, 0.717) is 19.0 Å². The van der Waals surface area contributed by atoms with Crippen LogP contribution in [0.4, 0.5) is 4.79 Å². The molecule has 1 saturated carbocycles. The molecule has 23 heavy (non-hydrogen) atoms. The molecule has 1 amide bonds. The second-order valence-corrected chi connectivity index (χ2v) is 7.49. The lowest BCUT2D eigenvalue weighted by atomic mass is 10.2. The van der Waals surface area contributed by atoms with E-state index in [1.165, 1.54) is 6.42 Å². The molecular weight excluding hydrogens is 292 g/mol. The van der Waals surface area contributed by atoms with E-state index in [9.17, 15) is 4.79 Å². The second kappa shape index (κ2) is 7.39. The molecule has 2 N–H and O–H groups in total. The number of furan rings is 1. The Morgan fingerprint density at radius 1 is 1.43 bits per heavy atom. The third-order valence-corrected chi connectivity index (χ3v) is 4.11. The van der Waals surface area contributed by atoms with Gasteiger partial charge in [-0.1, -0.05) is 13.8 Å². The molecular formula is C18H30N2O3. The minimum Gasteiger partial charge on any atom is -0.464 e.